The van der Waals surface area contributed by atoms with Crippen LogP contribution in [-0.2, 0) is 24.6 Å². The maximum absolute atomic E-state index is 15.2. The number of anilines is 1. The Morgan fingerprint density at radius 1 is 0.885 bits per heavy atom. The molecule has 1 saturated carbocycles. The van der Waals surface area contributed by atoms with Crippen molar-refractivity contribution in [2.75, 3.05) is 12.0 Å². The number of nitrogens with zero attached hydrogens (tertiary/aromatic N) is 1. The van der Waals surface area contributed by atoms with Crippen molar-refractivity contribution < 1.29 is 33.8 Å². The lowest BCUT2D eigenvalue weighted by Gasteiger charge is -2.55. The molecule has 0 radical (unpaired) electrons. The number of ketones is 3. The molecular formula is C43H34ClNO7. The van der Waals surface area contributed by atoms with Gasteiger partial charge in [0.15, 0.2) is 28.8 Å². The number of fused-ring (bicyclic) bond motifs is 4. The molecule has 2 amide bonds. The maximum Gasteiger partial charge on any atom is 0.238 e. The molecule has 0 aromatic heterocycles. The molecule has 1 aliphatic heterocycles. The number of hydrogen-bond acceptors (Lipinski definition) is 7. The molecule has 9 heteroatoms. The Labute approximate surface area is 305 Å². The van der Waals surface area contributed by atoms with Gasteiger partial charge >= 0.3 is 0 Å². The summed E-state index contributed by atoms with van der Waals surface area (Å²) in [6, 6.07) is 27.9. The minimum Gasteiger partial charge on any atom is -0.503 e. The molecule has 1 saturated heterocycles. The van der Waals surface area contributed by atoms with E-state index in [4.69, 9.17) is 16.3 Å². The van der Waals surface area contributed by atoms with Crippen molar-refractivity contribution in [2.45, 2.75) is 31.1 Å². The standard InChI is InChI=1S/C43H34ClNO7/c1-23(46)24-13-15-28(16-14-24)45-41(50)30-18-17-29-32(37(30)42(45)51)21-33-39(48)31(25-9-5-3-6-10-25)22-36(47)43(33,27-11-7-4-8-12-27)38(29)26-19-34(44)40(49)35(20-26)52-2/h3-17,19-20,22,30,32-33,37-38,49H,18,21H2,1-2H3/t30-,32+,33-,37-,38-,43-/m0/s1. The first kappa shape index (κ1) is 33.5. The van der Waals surface area contributed by atoms with Crippen molar-refractivity contribution in [3.05, 3.63) is 142 Å². The second-order valence-corrected chi connectivity index (χ2v) is 14.4. The fourth-order valence-electron chi connectivity index (χ4n) is 9.27. The molecule has 0 unspecified atom stereocenters. The number of imide groups is 1. The van der Waals surface area contributed by atoms with Crippen LogP contribution in [-0.4, -0.2) is 41.4 Å². The lowest BCUT2D eigenvalue weighted by atomic mass is 9.44. The molecule has 4 aromatic rings. The Morgan fingerprint density at radius 2 is 1.56 bits per heavy atom. The third-order valence-corrected chi connectivity index (χ3v) is 11.8. The van der Waals surface area contributed by atoms with Gasteiger partial charge in [0.05, 0.1) is 35.1 Å². The van der Waals surface area contributed by atoms with Crippen LogP contribution >= 0.6 is 11.6 Å². The van der Waals surface area contributed by atoms with Crippen molar-refractivity contribution in [1.29, 1.82) is 0 Å². The van der Waals surface area contributed by atoms with E-state index >= 15 is 9.59 Å². The third-order valence-electron chi connectivity index (χ3n) is 11.5. The van der Waals surface area contributed by atoms with E-state index in [-0.39, 0.29) is 58.5 Å². The van der Waals surface area contributed by atoms with Gasteiger partial charge in [-0.2, -0.15) is 0 Å². The normalized spacial score (nSPS) is 26.6. The Bertz CT molecular complexity index is 2240. The maximum atomic E-state index is 15.2. The number of methoxy groups -OCH3 is 1. The van der Waals surface area contributed by atoms with Crippen LogP contribution in [0.5, 0.6) is 11.5 Å². The molecule has 2 fully saturated rings. The van der Waals surface area contributed by atoms with Crippen LogP contribution in [0.25, 0.3) is 5.57 Å². The van der Waals surface area contributed by atoms with E-state index in [2.05, 4.69) is 0 Å². The first-order valence-corrected chi connectivity index (χ1v) is 17.6. The number of benzene rings is 4. The van der Waals surface area contributed by atoms with Gasteiger partial charge in [-0.05, 0) is 84.8 Å². The highest BCUT2D eigenvalue weighted by molar-refractivity contribution is 6.33. The fraction of sp³-hybridized carbons (Fsp3) is 0.233. The van der Waals surface area contributed by atoms with Crippen molar-refractivity contribution in [1.82, 2.24) is 0 Å². The number of phenols is 1. The number of Topliss-reactive ketones (excluding diaryl/α,β-unsaturated/α-hetero) is 2. The molecule has 8 rings (SSSR count). The molecule has 8 nitrogen and oxygen atoms in total. The van der Waals surface area contributed by atoms with Gasteiger partial charge in [0.2, 0.25) is 11.8 Å². The van der Waals surface area contributed by atoms with Gasteiger partial charge in [0.25, 0.3) is 0 Å². The number of rotatable bonds is 6. The zero-order chi connectivity index (χ0) is 36.5. The van der Waals surface area contributed by atoms with Crippen LogP contribution in [0.1, 0.15) is 52.7 Å². The molecule has 52 heavy (non-hydrogen) atoms. The average Bonchev–Trinajstić information content (AvgIpc) is 3.42. The van der Waals surface area contributed by atoms with Crippen molar-refractivity contribution in [3.63, 3.8) is 0 Å². The number of halogens is 1. The lowest BCUT2D eigenvalue weighted by molar-refractivity contribution is -0.135. The Hall–Kier alpha value is -5.60. The van der Waals surface area contributed by atoms with Crippen LogP contribution in [0.2, 0.25) is 5.02 Å². The SMILES string of the molecule is COc1cc([C@H]2C3=CC[C@@H]4C(=O)N(c5ccc(C(C)=O)cc5)C(=O)[C@@H]4[C@@H]3C[C@H]3C(=O)C(c4ccccc4)=CC(=O)[C@@]23c2ccccc2)cc(Cl)c1O. The number of ether oxygens (including phenoxy) is 1. The summed E-state index contributed by atoms with van der Waals surface area (Å²) in [5.74, 6) is -5.35. The quantitative estimate of drug-likeness (QED) is 0.127. The molecular weight excluding hydrogens is 678 g/mol. The number of carbonyl (C=O) groups is 5. The number of phenolic OH excluding ortho intramolecular Hbond substituents is 1. The van der Waals surface area contributed by atoms with E-state index < -0.39 is 35.0 Å². The molecule has 0 bridgehead atoms. The summed E-state index contributed by atoms with van der Waals surface area (Å²) in [4.78, 5) is 72.1. The van der Waals surface area contributed by atoms with E-state index in [1.54, 1.807) is 48.5 Å². The van der Waals surface area contributed by atoms with Gasteiger partial charge < -0.3 is 9.84 Å². The van der Waals surface area contributed by atoms with Crippen LogP contribution in [0.3, 0.4) is 0 Å². The van der Waals surface area contributed by atoms with Gasteiger partial charge in [-0.1, -0.05) is 83.9 Å². The summed E-state index contributed by atoms with van der Waals surface area (Å²) in [7, 11) is 1.41. The van der Waals surface area contributed by atoms with Gasteiger partial charge in [-0.3, -0.25) is 28.9 Å². The summed E-state index contributed by atoms with van der Waals surface area (Å²) >= 11 is 6.64. The van der Waals surface area contributed by atoms with Gasteiger partial charge in [0, 0.05) is 23.0 Å². The highest BCUT2D eigenvalue weighted by Gasteiger charge is 2.66. The Kier molecular flexibility index (Phi) is 8.10. The summed E-state index contributed by atoms with van der Waals surface area (Å²) in [6.07, 6.45) is 3.81. The Morgan fingerprint density at radius 3 is 2.21 bits per heavy atom. The smallest absolute Gasteiger partial charge is 0.238 e. The largest absolute Gasteiger partial charge is 0.503 e. The van der Waals surface area contributed by atoms with E-state index in [0.717, 1.165) is 5.57 Å². The van der Waals surface area contributed by atoms with E-state index in [0.29, 0.717) is 33.5 Å². The molecule has 260 valence electrons. The lowest BCUT2D eigenvalue weighted by Crippen LogP contribution is -2.58. The number of carbonyl (C=O) groups excluding carboxylic acids is 5. The number of aromatic hydroxyl groups is 1. The van der Waals surface area contributed by atoms with Crippen LogP contribution < -0.4 is 9.64 Å². The molecule has 3 aliphatic carbocycles. The summed E-state index contributed by atoms with van der Waals surface area (Å²) in [5.41, 5.74) is 2.22. The minimum atomic E-state index is -1.45. The van der Waals surface area contributed by atoms with Gasteiger partial charge in [-0.15, -0.1) is 0 Å². The zero-order valence-corrected chi connectivity index (χ0v) is 29.2. The van der Waals surface area contributed by atoms with Gasteiger partial charge in [0.1, 0.15) is 0 Å². The number of amides is 2. The second kappa shape index (κ2) is 12.6. The molecule has 4 aliphatic rings. The fourth-order valence-corrected chi connectivity index (χ4v) is 9.48. The van der Waals surface area contributed by atoms with Gasteiger partial charge in [-0.25, -0.2) is 0 Å². The van der Waals surface area contributed by atoms with E-state index in [1.165, 1.54) is 25.0 Å². The molecule has 6 atom stereocenters. The van der Waals surface area contributed by atoms with E-state index in [1.807, 2.05) is 54.6 Å². The summed E-state index contributed by atoms with van der Waals surface area (Å²) in [6.45, 7) is 1.45. The van der Waals surface area contributed by atoms with E-state index in [9.17, 15) is 19.5 Å². The predicted molar refractivity (Wildman–Crippen MR) is 195 cm³/mol. The average molecular weight is 712 g/mol. The van der Waals surface area contributed by atoms with Crippen LogP contribution in [0.15, 0.2) is 115 Å². The minimum absolute atomic E-state index is 0.00734. The number of allylic oxidation sites excluding steroid dienone is 4. The topological polar surface area (TPSA) is 118 Å². The Balaban J connectivity index is 1.35. The predicted octanol–water partition coefficient (Wildman–Crippen LogP) is 7.29. The van der Waals surface area contributed by atoms with Crippen LogP contribution in [0.4, 0.5) is 5.69 Å². The first-order valence-electron chi connectivity index (χ1n) is 17.2. The molecule has 1 heterocycles. The number of hydrogen-bond donors (Lipinski definition) is 1. The van der Waals surface area contributed by atoms with Crippen molar-refractivity contribution >= 4 is 52.0 Å². The first-order chi connectivity index (χ1) is 25.1. The van der Waals surface area contributed by atoms with Crippen molar-refractivity contribution in [3.8, 4) is 11.5 Å². The summed E-state index contributed by atoms with van der Waals surface area (Å²) < 4.78 is 5.53. The van der Waals surface area contributed by atoms with Crippen molar-refractivity contribution in [2.24, 2.45) is 23.7 Å². The monoisotopic (exact) mass is 711 g/mol. The summed E-state index contributed by atoms with van der Waals surface area (Å²) in [5, 5.41) is 10.8. The molecule has 0 spiro atoms. The third kappa shape index (κ3) is 4.84. The van der Waals surface area contributed by atoms with Crippen LogP contribution in [0, 0.1) is 23.7 Å². The highest BCUT2D eigenvalue weighted by atomic mass is 35.5. The zero-order valence-electron chi connectivity index (χ0n) is 28.4. The highest BCUT2D eigenvalue weighted by Crippen LogP contribution is 2.64. The second-order valence-electron chi connectivity index (χ2n) is 14.0. The molecule has 4 aromatic carbocycles. The molecule has 1 N–H and O–H groups in total.